The zero-order chi connectivity index (χ0) is 24.0. The minimum atomic E-state index is -0.0898. The third-order valence-corrected chi connectivity index (χ3v) is 5.67. The van der Waals surface area contributed by atoms with Crippen LogP contribution in [0.2, 0.25) is 12.6 Å². The lowest BCUT2D eigenvalue weighted by atomic mass is 9.45. The van der Waals surface area contributed by atoms with Crippen molar-refractivity contribution in [2.45, 2.75) is 40.3 Å². The van der Waals surface area contributed by atoms with E-state index in [1.807, 2.05) is 77.3 Å². The Labute approximate surface area is 195 Å². The summed E-state index contributed by atoms with van der Waals surface area (Å²) in [4.78, 5) is 19.9. The van der Waals surface area contributed by atoms with Crippen LogP contribution in [0.15, 0.2) is 53.7 Å². The van der Waals surface area contributed by atoms with Crippen LogP contribution in [0.5, 0.6) is 0 Å². The van der Waals surface area contributed by atoms with Crippen LogP contribution in [0.1, 0.15) is 27.7 Å². The summed E-state index contributed by atoms with van der Waals surface area (Å²) in [5.74, 6) is 2.36. The Balaban J connectivity index is 0.000000728. The standard InChI is InChI=1S/C21H19BN6O.2C2H6/c1-26-12-15-10-17(3-5-19(15)25-26)28-14-24-20-11-16(2-4-18(20)21(28)29)27-8-6-22(13-23)7-9-27;2*1-2/h2-5,10-12,14H,6-9H2,1H3;2*1-2H3. The van der Waals surface area contributed by atoms with E-state index in [1.54, 1.807) is 15.6 Å². The molecule has 0 aliphatic carbocycles. The van der Waals surface area contributed by atoms with Crippen molar-refractivity contribution in [3.05, 3.63) is 59.3 Å². The summed E-state index contributed by atoms with van der Waals surface area (Å²) in [6.07, 6.45) is 5.27. The van der Waals surface area contributed by atoms with Crippen molar-refractivity contribution in [1.82, 2.24) is 19.3 Å². The van der Waals surface area contributed by atoms with Gasteiger partial charge < -0.3 is 4.90 Å². The smallest absolute Gasteiger partial charge is 0.271 e. The maximum atomic E-state index is 13.1. The van der Waals surface area contributed by atoms with Gasteiger partial charge in [-0.1, -0.05) is 27.7 Å². The molecular weight excluding hydrogens is 411 g/mol. The maximum absolute atomic E-state index is 13.1. The van der Waals surface area contributed by atoms with Crippen LogP contribution in [-0.4, -0.2) is 39.1 Å². The quantitative estimate of drug-likeness (QED) is 0.421. The molecule has 33 heavy (non-hydrogen) atoms. The summed E-state index contributed by atoms with van der Waals surface area (Å²) in [7, 11) is 1.88. The van der Waals surface area contributed by atoms with E-state index in [2.05, 4.69) is 21.0 Å². The third-order valence-electron chi connectivity index (χ3n) is 5.67. The van der Waals surface area contributed by atoms with E-state index in [9.17, 15) is 4.79 Å². The first kappa shape index (κ1) is 24.1. The van der Waals surface area contributed by atoms with Gasteiger partial charge in [0.15, 0.2) is 0 Å². The molecule has 5 rings (SSSR count). The molecule has 0 spiro atoms. The van der Waals surface area contributed by atoms with Gasteiger partial charge in [-0.15, -0.1) is 0 Å². The van der Waals surface area contributed by atoms with E-state index in [4.69, 9.17) is 5.26 Å². The highest BCUT2D eigenvalue weighted by atomic mass is 16.1. The topological polar surface area (TPSA) is 79.7 Å². The maximum Gasteiger partial charge on any atom is 0.271 e. The van der Waals surface area contributed by atoms with E-state index < -0.39 is 0 Å². The van der Waals surface area contributed by atoms with Gasteiger partial charge >= 0.3 is 0 Å². The van der Waals surface area contributed by atoms with E-state index in [1.165, 1.54) is 0 Å². The molecule has 1 fully saturated rings. The fourth-order valence-corrected chi connectivity index (χ4v) is 4.04. The summed E-state index contributed by atoms with van der Waals surface area (Å²) in [6.45, 7) is 9.85. The number of hydrogen-bond donors (Lipinski definition) is 0. The molecule has 3 heterocycles. The fourth-order valence-electron chi connectivity index (χ4n) is 4.04. The predicted molar refractivity (Wildman–Crippen MR) is 138 cm³/mol. The molecule has 7 nitrogen and oxygen atoms in total. The van der Waals surface area contributed by atoms with E-state index in [-0.39, 0.29) is 12.3 Å². The van der Waals surface area contributed by atoms with Gasteiger partial charge in [-0.2, -0.15) is 5.10 Å². The van der Waals surface area contributed by atoms with Gasteiger partial charge in [0.05, 0.1) is 22.1 Å². The largest absolute Gasteiger partial charge is 0.373 e. The zero-order valence-corrected chi connectivity index (χ0v) is 20.1. The van der Waals surface area contributed by atoms with Crippen molar-refractivity contribution in [3.8, 4) is 11.7 Å². The Bertz CT molecular complexity index is 1330. The monoisotopic (exact) mass is 442 g/mol. The summed E-state index contributed by atoms with van der Waals surface area (Å²) < 4.78 is 3.34. The second-order valence-electron chi connectivity index (χ2n) is 7.56. The van der Waals surface area contributed by atoms with Crippen molar-refractivity contribution < 1.29 is 0 Å². The average molecular weight is 442 g/mol. The normalized spacial score (nSPS) is 13.1. The first-order valence-corrected chi connectivity index (χ1v) is 11.7. The predicted octanol–water partition coefficient (Wildman–Crippen LogP) is 4.70. The van der Waals surface area contributed by atoms with Crippen LogP contribution in [-0.2, 0) is 7.05 Å². The van der Waals surface area contributed by atoms with Crippen molar-refractivity contribution in [3.63, 3.8) is 0 Å². The molecule has 8 heteroatoms. The fraction of sp³-hybridized carbons (Fsp3) is 0.360. The molecule has 4 aromatic rings. The number of fused-ring (bicyclic) bond motifs is 2. The van der Waals surface area contributed by atoms with Crippen molar-refractivity contribution >= 4 is 34.2 Å². The van der Waals surface area contributed by atoms with Crippen LogP contribution in [0, 0.1) is 11.2 Å². The molecule has 0 atom stereocenters. The Morgan fingerprint density at radius 2 is 1.67 bits per heavy atom. The van der Waals surface area contributed by atoms with Gasteiger partial charge in [0.25, 0.3) is 12.3 Å². The number of anilines is 1. The Hall–Kier alpha value is -3.60. The molecule has 1 aliphatic rings. The Morgan fingerprint density at radius 3 is 2.36 bits per heavy atom. The van der Waals surface area contributed by atoms with Crippen molar-refractivity contribution in [1.29, 1.82) is 5.26 Å². The van der Waals surface area contributed by atoms with Gasteiger partial charge in [-0.05, 0) is 49.0 Å². The van der Waals surface area contributed by atoms with Crippen LogP contribution >= 0.6 is 0 Å². The minimum absolute atomic E-state index is 0.0898. The summed E-state index contributed by atoms with van der Waals surface area (Å²) >= 11 is 0. The van der Waals surface area contributed by atoms with Gasteiger partial charge in [0.1, 0.15) is 6.33 Å². The number of rotatable bonds is 2. The minimum Gasteiger partial charge on any atom is -0.373 e. The molecule has 170 valence electrons. The number of hydrogen-bond acceptors (Lipinski definition) is 5. The van der Waals surface area contributed by atoms with Crippen LogP contribution in [0.3, 0.4) is 0 Å². The number of aryl methyl sites for hydroxylation is 1. The molecule has 0 unspecified atom stereocenters. The van der Waals surface area contributed by atoms with Gasteiger partial charge in [0.2, 0.25) is 0 Å². The third kappa shape index (κ3) is 4.93. The first-order chi connectivity index (χ1) is 16.1. The van der Waals surface area contributed by atoms with Crippen molar-refractivity contribution in [2.24, 2.45) is 7.05 Å². The lowest BCUT2D eigenvalue weighted by molar-refractivity contribution is 0.780. The van der Waals surface area contributed by atoms with E-state index >= 15 is 0 Å². The SMILES string of the molecule is CC.CC.Cn1cc2cc(-n3cnc4cc(N5CCB(C#N)CC5)ccc4c3=O)ccc2n1. The van der Waals surface area contributed by atoms with Crippen molar-refractivity contribution in [2.75, 3.05) is 18.0 Å². The lowest BCUT2D eigenvalue weighted by Gasteiger charge is -2.30. The summed E-state index contributed by atoms with van der Waals surface area (Å²) in [5, 5.41) is 15.0. The molecule has 0 radical (unpaired) electrons. The highest BCUT2D eigenvalue weighted by molar-refractivity contribution is 6.67. The first-order valence-electron chi connectivity index (χ1n) is 11.7. The number of nitrogens with zero attached hydrogens (tertiary/aromatic N) is 6. The number of aromatic nitrogens is 4. The molecule has 0 amide bonds. The summed E-state index contributed by atoms with van der Waals surface area (Å²) in [5.41, 5.74) is 3.31. The second-order valence-corrected chi connectivity index (χ2v) is 7.56. The second kappa shape index (κ2) is 10.8. The molecule has 1 saturated heterocycles. The lowest BCUT2D eigenvalue weighted by Crippen LogP contribution is -2.36. The Kier molecular flexibility index (Phi) is 7.89. The molecule has 0 saturated carbocycles. The molecule has 0 bridgehead atoms. The highest BCUT2D eigenvalue weighted by Crippen LogP contribution is 2.24. The highest BCUT2D eigenvalue weighted by Gasteiger charge is 2.23. The molecular formula is C25H31BN6O. The summed E-state index contributed by atoms with van der Waals surface area (Å²) in [6, 6.07) is 11.6. The van der Waals surface area contributed by atoms with E-state index in [0.717, 1.165) is 48.0 Å². The molecule has 0 N–H and O–H groups in total. The van der Waals surface area contributed by atoms with Gasteiger partial charge in [-0.3, -0.25) is 14.0 Å². The average Bonchev–Trinajstić information content (AvgIpc) is 3.26. The van der Waals surface area contributed by atoms with Gasteiger partial charge in [0, 0.05) is 43.4 Å². The van der Waals surface area contributed by atoms with E-state index in [0.29, 0.717) is 10.9 Å². The zero-order valence-electron chi connectivity index (χ0n) is 20.1. The number of benzene rings is 2. The molecule has 1 aliphatic heterocycles. The number of nitriles is 1. The van der Waals surface area contributed by atoms with Crippen LogP contribution in [0.4, 0.5) is 5.69 Å². The van der Waals surface area contributed by atoms with Crippen LogP contribution in [0.25, 0.3) is 27.5 Å². The molecule has 2 aromatic carbocycles. The van der Waals surface area contributed by atoms with Crippen LogP contribution < -0.4 is 10.5 Å². The molecule has 2 aromatic heterocycles. The Morgan fingerprint density at radius 1 is 0.970 bits per heavy atom. The van der Waals surface area contributed by atoms with Gasteiger partial charge in [-0.25, -0.2) is 10.2 Å².